The van der Waals surface area contributed by atoms with Gasteiger partial charge in [0, 0.05) is 48.8 Å². The van der Waals surface area contributed by atoms with Crippen molar-refractivity contribution >= 4 is 33.1 Å². The molecular formula is C12H19N3O2S2. The van der Waals surface area contributed by atoms with Crippen molar-refractivity contribution in [2.45, 2.75) is 12.3 Å². The highest BCUT2D eigenvalue weighted by Gasteiger charge is 2.33. The number of aromatic nitrogens is 1. The van der Waals surface area contributed by atoms with E-state index >= 15 is 0 Å². The van der Waals surface area contributed by atoms with Gasteiger partial charge in [0.2, 0.25) is 0 Å². The van der Waals surface area contributed by atoms with Gasteiger partial charge >= 0.3 is 0 Å². The minimum Gasteiger partial charge on any atom is -0.373 e. The number of nitrogens with zero attached hydrogens (tertiary/aromatic N) is 2. The fourth-order valence-corrected chi connectivity index (χ4v) is 5.09. The van der Waals surface area contributed by atoms with Gasteiger partial charge < -0.3 is 10.2 Å². The lowest BCUT2D eigenvalue weighted by Crippen LogP contribution is -2.48. The van der Waals surface area contributed by atoms with Gasteiger partial charge in [-0.15, -0.1) is 0 Å². The second-order valence-electron chi connectivity index (χ2n) is 4.32. The van der Waals surface area contributed by atoms with Crippen LogP contribution in [-0.4, -0.2) is 49.6 Å². The molecule has 1 atom stereocenters. The highest BCUT2D eigenvalue weighted by Crippen LogP contribution is 2.28. The maximum Gasteiger partial charge on any atom is 0.171 e. The molecule has 1 aromatic heterocycles. The van der Waals surface area contributed by atoms with Gasteiger partial charge in [0.15, 0.2) is 9.84 Å². The molecule has 1 aliphatic rings. The minimum absolute atomic E-state index is 0.179. The van der Waals surface area contributed by atoms with E-state index in [-0.39, 0.29) is 5.75 Å². The van der Waals surface area contributed by atoms with Crippen molar-refractivity contribution in [2.24, 2.45) is 0 Å². The van der Waals surface area contributed by atoms with Gasteiger partial charge in [0.1, 0.15) is 11.2 Å². The third kappa shape index (κ3) is 3.14. The van der Waals surface area contributed by atoms with Crippen LogP contribution in [0.4, 0.5) is 11.5 Å². The van der Waals surface area contributed by atoms with E-state index in [1.165, 1.54) is 0 Å². The second kappa shape index (κ2) is 6.00. The summed E-state index contributed by atoms with van der Waals surface area (Å²) in [5.74, 6) is 2.52. The first kappa shape index (κ1) is 14.5. The summed E-state index contributed by atoms with van der Waals surface area (Å²) in [6, 6.07) is 3.77. The van der Waals surface area contributed by atoms with Crippen molar-refractivity contribution in [1.82, 2.24) is 4.98 Å². The molecule has 0 saturated carbocycles. The number of sulfone groups is 1. The largest absolute Gasteiger partial charge is 0.373 e. The first-order valence-electron chi connectivity index (χ1n) is 6.28. The zero-order valence-electron chi connectivity index (χ0n) is 11.2. The van der Waals surface area contributed by atoms with Crippen molar-refractivity contribution in [3.05, 3.63) is 18.3 Å². The zero-order valence-corrected chi connectivity index (χ0v) is 12.8. The molecule has 0 amide bonds. The Bertz CT molecular complexity index is 534. The number of thioether (sulfide) groups is 1. The molecule has 5 nitrogen and oxygen atoms in total. The lowest BCUT2D eigenvalue weighted by Gasteiger charge is -2.36. The normalized spacial score (nSPS) is 20.3. The SMILES string of the molecule is CCS(=O)(=O)C1CSCCN1c1ccnc(NC)c1. The van der Waals surface area contributed by atoms with Crippen LogP contribution in [0.2, 0.25) is 0 Å². The molecule has 19 heavy (non-hydrogen) atoms. The van der Waals surface area contributed by atoms with E-state index in [4.69, 9.17) is 0 Å². The molecule has 0 aromatic carbocycles. The average molecular weight is 301 g/mol. The highest BCUT2D eigenvalue weighted by atomic mass is 32.2. The first-order valence-corrected chi connectivity index (χ1v) is 9.15. The molecule has 1 aliphatic heterocycles. The van der Waals surface area contributed by atoms with Gasteiger partial charge in [-0.1, -0.05) is 6.92 Å². The lowest BCUT2D eigenvalue weighted by atomic mass is 10.3. The topological polar surface area (TPSA) is 62.3 Å². The van der Waals surface area contributed by atoms with Crippen molar-refractivity contribution in [1.29, 1.82) is 0 Å². The monoisotopic (exact) mass is 301 g/mol. The van der Waals surface area contributed by atoms with Crippen LogP contribution in [0.1, 0.15) is 6.92 Å². The predicted molar refractivity (Wildman–Crippen MR) is 81.7 cm³/mol. The van der Waals surface area contributed by atoms with E-state index in [2.05, 4.69) is 10.3 Å². The Balaban J connectivity index is 2.34. The third-order valence-electron chi connectivity index (χ3n) is 3.23. The van der Waals surface area contributed by atoms with Crippen molar-refractivity contribution < 1.29 is 8.42 Å². The molecule has 7 heteroatoms. The Kier molecular flexibility index (Phi) is 4.57. The molecule has 1 fully saturated rings. The smallest absolute Gasteiger partial charge is 0.171 e. The van der Waals surface area contributed by atoms with Crippen LogP contribution in [0.25, 0.3) is 0 Å². The van der Waals surface area contributed by atoms with Crippen LogP contribution < -0.4 is 10.2 Å². The fraction of sp³-hybridized carbons (Fsp3) is 0.583. The van der Waals surface area contributed by atoms with Crippen molar-refractivity contribution in [3.8, 4) is 0 Å². The van der Waals surface area contributed by atoms with E-state index in [9.17, 15) is 8.42 Å². The molecule has 0 spiro atoms. The number of rotatable bonds is 4. The molecule has 0 radical (unpaired) electrons. The van der Waals surface area contributed by atoms with E-state index in [1.807, 2.05) is 17.0 Å². The second-order valence-corrected chi connectivity index (χ2v) is 7.92. The molecule has 1 saturated heterocycles. The molecule has 0 bridgehead atoms. The summed E-state index contributed by atoms with van der Waals surface area (Å²) < 4.78 is 24.4. The van der Waals surface area contributed by atoms with Crippen LogP contribution in [0.15, 0.2) is 18.3 Å². The average Bonchev–Trinajstić information content (AvgIpc) is 2.47. The van der Waals surface area contributed by atoms with E-state index in [0.29, 0.717) is 5.75 Å². The van der Waals surface area contributed by atoms with Crippen molar-refractivity contribution in [2.75, 3.05) is 41.1 Å². The summed E-state index contributed by atoms with van der Waals surface area (Å²) in [5, 5.41) is 2.55. The summed E-state index contributed by atoms with van der Waals surface area (Å²) >= 11 is 1.70. The number of pyridine rings is 1. The van der Waals surface area contributed by atoms with E-state index < -0.39 is 15.2 Å². The van der Waals surface area contributed by atoms with Crippen molar-refractivity contribution in [3.63, 3.8) is 0 Å². The van der Waals surface area contributed by atoms with Gasteiger partial charge in [0.05, 0.1) is 0 Å². The van der Waals surface area contributed by atoms with Crippen LogP contribution in [-0.2, 0) is 9.84 Å². The molecule has 1 aromatic rings. The molecule has 0 aliphatic carbocycles. The van der Waals surface area contributed by atoms with Gasteiger partial charge in [-0.3, -0.25) is 0 Å². The number of anilines is 2. The third-order valence-corrected chi connectivity index (χ3v) is 6.52. The molecular weight excluding hydrogens is 282 g/mol. The summed E-state index contributed by atoms with van der Waals surface area (Å²) in [4.78, 5) is 6.15. The molecule has 2 heterocycles. The summed E-state index contributed by atoms with van der Waals surface area (Å²) in [6.07, 6.45) is 1.71. The highest BCUT2D eigenvalue weighted by molar-refractivity contribution is 8.01. The maximum absolute atomic E-state index is 12.2. The zero-order chi connectivity index (χ0) is 13.9. The van der Waals surface area contributed by atoms with Gasteiger partial charge in [-0.25, -0.2) is 13.4 Å². The Hall–Kier alpha value is -0.950. The Morgan fingerprint density at radius 3 is 3.05 bits per heavy atom. The van der Waals surface area contributed by atoms with E-state index in [1.54, 1.807) is 31.9 Å². The van der Waals surface area contributed by atoms with Crippen LogP contribution >= 0.6 is 11.8 Å². The Labute approximate surface area is 118 Å². The van der Waals surface area contributed by atoms with Crippen LogP contribution in [0.5, 0.6) is 0 Å². The summed E-state index contributed by atoms with van der Waals surface area (Å²) in [6.45, 7) is 2.46. The van der Waals surface area contributed by atoms with Crippen LogP contribution in [0, 0.1) is 0 Å². The fourth-order valence-electron chi connectivity index (χ4n) is 2.10. The summed E-state index contributed by atoms with van der Waals surface area (Å²) in [7, 11) is -1.27. The Morgan fingerprint density at radius 2 is 2.37 bits per heavy atom. The number of nitrogens with one attached hydrogen (secondary N) is 1. The van der Waals surface area contributed by atoms with Gasteiger partial charge in [-0.05, 0) is 6.07 Å². The molecule has 106 valence electrons. The summed E-state index contributed by atoms with van der Waals surface area (Å²) in [5.41, 5.74) is 0.918. The molecule has 1 unspecified atom stereocenters. The minimum atomic E-state index is -3.07. The number of hydrogen-bond donors (Lipinski definition) is 1. The molecule has 2 rings (SSSR count). The first-order chi connectivity index (χ1) is 9.08. The maximum atomic E-state index is 12.2. The predicted octanol–water partition coefficient (Wildman–Crippen LogP) is 1.44. The van der Waals surface area contributed by atoms with Gasteiger partial charge in [0.25, 0.3) is 0 Å². The van der Waals surface area contributed by atoms with Gasteiger partial charge in [-0.2, -0.15) is 11.8 Å². The van der Waals surface area contributed by atoms with Crippen LogP contribution in [0.3, 0.4) is 0 Å². The standard InChI is InChI=1S/C12H19N3O2S2/c1-3-19(16,17)12-9-18-7-6-15(12)10-4-5-14-11(8-10)13-2/h4-5,8,12H,3,6-7,9H2,1-2H3,(H,13,14). The van der Waals surface area contributed by atoms with E-state index in [0.717, 1.165) is 23.8 Å². The lowest BCUT2D eigenvalue weighted by molar-refractivity contribution is 0.579. The number of hydrogen-bond acceptors (Lipinski definition) is 6. The quantitative estimate of drug-likeness (QED) is 0.908. The Morgan fingerprint density at radius 1 is 1.58 bits per heavy atom. The molecule has 1 N–H and O–H groups in total.